The maximum absolute atomic E-state index is 3.36. The zero-order valence-electron chi connectivity index (χ0n) is 11.6. The van der Waals surface area contributed by atoms with Crippen LogP contribution in [-0.2, 0) is 21.7 Å². The molecule has 0 atom stereocenters. The minimum atomic E-state index is 0. The fourth-order valence-corrected chi connectivity index (χ4v) is 0. The van der Waals surface area contributed by atoms with Gasteiger partial charge in [0.1, 0.15) is 0 Å². The molecule has 0 aromatic heterocycles. The zero-order valence-corrected chi connectivity index (χ0v) is 13.2. The quantitative estimate of drug-likeness (QED) is 0.472. The molecule has 0 bridgehead atoms. The molecule has 8 N–H and O–H groups in total. The largest absolute Gasteiger partial charge is 0.412 e. The SMILES string of the molecule is C=CC.C=CC.C=CC.C=CC.O.O.O.O.[Ti]. The Kier molecular flexibility index (Phi) is 1100. The van der Waals surface area contributed by atoms with Gasteiger partial charge in [0.05, 0.1) is 0 Å². The molecule has 0 rings (SSSR count). The van der Waals surface area contributed by atoms with Gasteiger partial charge >= 0.3 is 0 Å². The molecule has 0 aromatic rings. The molecule has 0 aromatic carbocycles. The monoisotopic (exact) mass is 288 g/mol. The van der Waals surface area contributed by atoms with Crippen molar-refractivity contribution in [2.24, 2.45) is 0 Å². The molecule has 0 aliphatic carbocycles. The Morgan fingerprint density at radius 3 is 0.471 bits per heavy atom. The molecule has 108 valence electrons. The molecule has 0 saturated carbocycles. The molecule has 0 unspecified atom stereocenters. The van der Waals surface area contributed by atoms with E-state index in [1.807, 2.05) is 27.7 Å². The van der Waals surface area contributed by atoms with Gasteiger partial charge in [-0.15, -0.1) is 26.3 Å². The minimum Gasteiger partial charge on any atom is -0.412 e. The van der Waals surface area contributed by atoms with Crippen LogP contribution in [0.3, 0.4) is 0 Å². The Morgan fingerprint density at radius 1 is 0.471 bits per heavy atom. The maximum Gasteiger partial charge on any atom is 0 e. The van der Waals surface area contributed by atoms with Crippen LogP contribution in [-0.4, -0.2) is 21.9 Å². The van der Waals surface area contributed by atoms with Crippen LogP contribution in [0.2, 0.25) is 0 Å². The van der Waals surface area contributed by atoms with E-state index in [1.165, 1.54) is 0 Å². The van der Waals surface area contributed by atoms with Crippen molar-refractivity contribution >= 4 is 0 Å². The number of allylic oxidation sites excluding steroid dienone is 4. The average molecular weight is 288 g/mol. The normalized spacial score (nSPS) is 3.06. The molecule has 0 aliphatic heterocycles. The number of hydrogen-bond donors (Lipinski definition) is 0. The molecule has 0 amide bonds. The smallest absolute Gasteiger partial charge is 0 e. The predicted molar refractivity (Wildman–Crippen MR) is 77.9 cm³/mol. The van der Waals surface area contributed by atoms with E-state index in [0.29, 0.717) is 0 Å². The summed E-state index contributed by atoms with van der Waals surface area (Å²) in [5.74, 6) is 0. The van der Waals surface area contributed by atoms with E-state index in [4.69, 9.17) is 0 Å². The fourth-order valence-electron chi connectivity index (χ4n) is 0. The van der Waals surface area contributed by atoms with Crippen molar-refractivity contribution in [3.05, 3.63) is 50.6 Å². The van der Waals surface area contributed by atoms with Crippen molar-refractivity contribution in [1.82, 2.24) is 0 Å². The summed E-state index contributed by atoms with van der Waals surface area (Å²) in [5.41, 5.74) is 0. The third-order valence-corrected chi connectivity index (χ3v) is 0. The van der Waals surface area contributed by atoms with E-state index in [9.17, 15) is 0 Å². The number of hydrogen-bond acceptors (Lipinski definition) is 0. The molecular formula is C12H32O4Ti. The molecule has 0 saturated heterocycles. The first-order chi connectivity index (χ1) is 5.66. The first kappa shape index (κ1) is 70.4. The van der Waals surface area contributed by atoms with E-state index >= 15 is 0 Å². The van der Waals surface area contributed by atoms with Gasteiger partial charge in [0, 0.05) is 21.7 Å². The van der Waals surface area contributed by atoms with Crippen LogP contribution in [0, 0.1) is 0 Å². The first-order valence-corrected chi connectivity index (χ1v) is 3.94. The van der Waals surface area contributed by atoms with Crippen molar-refractivity contribution < 1.29 is 43.6 Å². The molecule has 0 radical (unpaired) electrons. The molecular weight excluding hydrogens is 256 g/mol. The van der Waals surface area contributed by atoms with Gasteiger partial charge in [-0.05, 0) is 27.7 Å². The molecule has 0 spiro atoms. The maximum atomic E-state index is 3.36. The zero-order chi connectivity index (χ0) is 10.8. The van der Waals surface area contributed by atoms with Gasteiger partial charge in [0.2, 0.25) is 0 Å². The molecule has 5 heteroatoms. The summed E-state index contributed by atoms with van der Waals surface area (Å²) in [6.45, 7) is 21.0. The van der Waals surface area contributed by atoms with Gasteiger partial charge in [-0.1, -0.05) is 24.3 Å². The third kappa shape index (κ3) is 12000. The first-order valence-electron chi connectivity index (χ1n) is 3.94. The standard InChI is InChI=1S/4C3H6.4H2O.Ti/c4*1-3-2;;;;;/h4*3H,1H2,2H3;4*1H2;. The van der Waals surface area contributed by atoms with Crippen molar-refractivity contribution in [3.8, 4) is 0 Å². The van der Waals surface area contributed by atoms with E-state index in [-0.39, 0.29) is 43.6 Å². The molecule has 4 nitrogen and oxygen atoms in total. The summed E-state index contributed by atoms with van der Waals surface area (Å²) < 4.78 is 0. The third-order valence-electron chi connectivity index (χ3n) is 0. The summed E-state index contributed by atoms with van der Waals surface area (Å²) in [6, 6.07) is 0. The Morgan fingerprint density at radius 2 is 0.471 bits per heavy atom. The van der Waals surface area contributed by atoms with Crippen LogP contribution < -0.4 is 0 Å². The van der Waals surface area contributed by atoms with Crippen LogP contribution in [0.25, 0.3) is 0 Å². The van der Waals surface area contributed by atoms with Crippen molar-refractivity contribution in [2.45, 2.75) is 27.7 Å². The predicted octanol–water partition coefficient (Wildman–Crippen LogP) is 1.47. The van der Waals surface area contributed by atoms with Gasteiger partial charge < -0.3 is 21.9 Å². The van der Waals surface area contributed by atoms with Crippen LogP contribution >= 0.6 is 0 Å². The van der Waals surface area contributed by atoms with Gasteiger partial charge in [0.25, 0.3) is 0 Å². The Hall–Kier alpha value is -0.486. The van der Waals surface area contributed by atoms with Gasteiger partial charge in [-0.2, -0.15) is 0 Å². The van der Waals surface area contributed by atoms with Crippen molar-refractivity contribution in [3.63, 3.8) is 0 Å². The summed E-state index contributed by atoms with van der Waals surface area (Å²) in [5, 5.41) is 0. The van der Waals surface area contributed by atoms with Crippen molar-refractivity contribution in [1.29, 1.82) is 0 Å². The summed E-state index contributed by atoms with van der Waals surface area (Å²) >= 11 is 0. The van der Waals surface area contributed by atoms with Crippen LogP contribution in [0.5, 0.6) is 0 Å². The van der Waals surface area contributed by atoms with E-state index < -0.39 is 0 Å². The van der Waals surface area contributed by atoms with E-state index in [0.717, 1.165) is 0 Å². The van der Waals surface area contributed by atoms with Gasteiger partial charge in [-0.25, -0.2) is 0 Å². The second-order valence-electron chi connectivity index (χ2n) is 1.63. The number of rotatable bonds is 0. The topological polar surface area (TPSA) is 126 Å². The van der Waals surface area contributed by atoms with E-state index in [2.05, 4.69) is 26.3 Å². The van der Waals surface area contributed by atoms with Crippen molar-refractivity contribution in [2.75, 3.05) is 0 Å². The Balaban J connectivity index is -0.00000000653. The molecule has 0 aliphatic rings. The molecule has 0 fully saturated rings. The second-order valence-corrected chi connectivity index (χ2v) is 1.63. The van der Waals surface area contributed by atoms with Crippen LogP contribution in [0.1, 0.15) is 27.7 Å². The summed E-state index contributed by atoms with van der Waals surface area (Å²) in [6.07, 6.45) is 7.00. The average Bonchev–Trinajstić information content (AvgIpc) is 1.92. The van der Waals surface area contributed by atoms with Crippen LogP contribution in [0.4, 0.5) is 0 Å². The summed E-state index contributed by atoms with van der Waals surface area (Å²) in [7, 11) is 0. The van der Waals surface area contributed by atoms with Gasteiger partial charge in [0.15, 0.2) is 0 Å². The summed E-state index contributed by atoms with van der Waals surface area (Å²) in [4.78, 5) is 0. The van der Waals surface area contributed by atoms with Crippen LogP contribution in [0.15, 0.2) is 50.6 Å². The second kappa shape index (κ2) is 265. The van der Waals surface area contributed by atoms with E-state index in [1.54, 1.807) is 24.3 Å². The molecule has 0 heterocycles. The van der Waals surface area contributed by atoms with Gasteiger partial charge in [-0.3, -0.25) is 0 Å². The fraction of sp³-hybridized carbons (Fsp3) is 0.333. The minimum absolute atomic E-state index is 0. The molecule has 17 heavy (non-hydrogen) atoms. The Bertz CT molecular complexity index is 72.5. The Labute approximate surface area is 122 Å².